The summed E-state index contributed by atoms with van der Waals surface area (Å²) < 4.78 is 5.10. The van der Waals surface area contributed by atoms with Crippen LogP contribution in [0, 0.1) is 0 Å². The van der Waals surface area contributed by atoms with Gasteiger partial charge in [0.1, 0.15) is 6.10 Å². The Kier molecular flexibility index (Phi) is 4.84. The van der Waals surface area contributed by atoms with Crippen LogP contribution in [0.15, 0.2) is 34.9 Å². The molecule has 0 bridgehead atoms. The fourth-order valence-corrected chi connectivity index (χ4v) is 1.68. The van der Waals surface area contributed by atoms with Crippen molar-refractivity contribution in [2.24, 2.45) is 0 Å². The third-order valence-electron chi connectivity index (χ3n) is 2.73. The summed E-state index contributed by atoms with van der Waals surface area (Å²) in [5.41, 5.74) is 1.11. The SMILES string of the molecule is CC(O)C(=O)NCCc1nc(Cc2ccccc2)no1. The highest BCUT2D eigenvalue weighted by atomic mass is 16.5. The summed E-state index contributed by atoms with van der Waals surface area (Å²) in [4.78, 5) is 15.4. The number of amides is 1. The maximum atomic E-state index is 11.2. The minimum atomic E-state index is -1.01. The van der Waals surface area contributed by atoms with Crippen LogP contribution < -0.4 is 5.32 Å². The van der Waals surface area contributed by atoms with Crippen LogP contribution in [0.4, 0.5) is 0 Å². The summed E-state index contributed by atoms with van der Waals surface area (Å²) in [6.07, 6.45) is 0.0521. The van der Waals surface area contributed by atoms with Gasteiger partial charge in [0.2, 0.25) is 11.8 Å². The van der Waals surface area contributed by atoms with E-state index in [0.29, 0.717) is 31.1 Å². The Morgan fingerprint density at radius 2 is 2.15 bits per heavy atom. The quantitative estimate of drug-likeness (QED) is 0.810. The molecule has 0 aliphatic heterocycles. The van der Waals surface area contributed by atoms with E-state index in [1.165, 1.54) is 6.92 Å². The number of nitrogens with one attached hydrogen (secondary N) is 1. The van der Waals surface area contributed by atoms with Crippen LogP contribution in [0.3, 0.4) is 0 Å². The zero-order valence-corrected chi connectivity index (χ0v) is 11.2. The van der Waals surface area contributed by atoms with Crippen molar-refractivity contribution >= 4 is 5.91 Å². The summed E-state index contributed by atoms with van der Waals surface area (Å²) in [5, 5.41) is 15.5. The van der Waals surface area contributed by atoms with Crippen LogP contribution in [0.1, 0.15) is 24.2 Å². The lowest BCUT2D eigenvalue weighted by atomic mass is 10.1. The molecule has 1 aromatic carbocycles. The van der Waals surface area contributed by atoms with Gasteiger partial charge in [0.15, 0.2) is 5.82 Å². The second-order valence-electron chi connectivity index (χ2n) is 4.48. The summed E-state index contributed by atoms with van der Waals surface area (Å²) in [7, 11) is 0. The molecule has 2 rings (SSSR count). The van der Waals surface area contributed by atoms with Crippen LogP contribution in [0.25, 0.3) is 0 Å². The predicted molar refractivity (Wildman–Crippen MR) is 71.9 cm³/mol. The van der Waals surface area contributed by atoms with Crippen molar-refractivity contribution < 1.29 is 14.4 Å². The highest BCUT2D eigenvalue weighted by Gasteiger charge is 2.10. The fourth-order valence-electron chi connectivity index (χ4n) is 1.68. The smallest absolute Gasteiger partial charge is 0.248 e. The maximum Gasteiger partial charge on any atom is 0.248 e. The molecule has 0 radical (unpaired) electrons. The lowest BCUT2D eigenvalue weighted by Crippen LogP contribution is -2.33. The van der Waals surface area contributed by atoms with Gasteiger partial charge in [-0.2, -0.15) is 4.98 Å². The Bertz CT molecular complexity index is 552. The van der Waals surface area contributed by atoms with Crippen LogP contribution in [-0.2, 0) is 17.6 Å². The molecule has 2 aromatic rings. The molecule has 0 saturated heterocycles. The predicted octanol–water partition coefficient (Wildman–Crippen LogP) is 0.700. The van der Waals surface area contributed by atoms with E-state index in [2.05, 4.69) is 15.5 Å². The second-order valence-corrected chi connectivity index (χ2v) is 4.48. The molecule has 6 nitrogen and oxygen atoms in total. The van der Waals surface area contributed by atoms with E-state index in [1.54, 1.807) is 0 Å². The molecule has 1 amide bonds. The minimum absolute atomic E-state index is 0.358. The number of carbonyl (C=O) groups excluding carboxylic acids is 1. The van der Waals surface area contributed by atoms with Gasteiger partial charge in [-0.3, -0.25) is 4.79 Å². The molecule has 0 aliphatic rings. The van der Waals surface area contributed by atoms with Gasteiger partial charge in [-0.25, -0.2) is 0 Å². The fraction of sp³-hybridized carbons (Fsp3) is 0.357. The molecule has 0 aliphatic carbocycles. The standard InChI is InChI=1S/C14H17N3O3/c1-10(18)14(19)15-8-7-13-16-12(17-20-13)9-11-5-3-2-4-6-11/h2-6,10,18H,7-9H2,1H3,(H,15,19). The van der Waals surface area contributed by atoms with Gasteiger partial charge in [-0.15, -0.1) is 0 Å². The normalized spacial score (nSPS) is 12.1. The van der Waals surface area contributed by atoms with E-state index < -0.39 is 12.0 Å². The molecule has 1 atom stereocenters. The average Bonchev–Trinajstić information content (AvgIpc) is 2.87. The highest BCUT2D eigenvalue weighted by molar-refractivity contribution is 5.79. The molecule has 106 valence electrons. The number of rotatable bonds is 6. The van der Waals surface area contributed by atoms with Gasteiger partial charge < -0.3 is 14.9 Å². The number of aliphatic hydroxyl groups excluding tert-OH is 1. The molecule has 0 spiro atoms. The van der Waals surface area contributed by atoms with E-state index in [0.717, 1.165) is 5.56 Å². The monoisotopic (exact) mass is 275 g/mol. The maximum absolute atomic E-state index is 11.2. The molecule has 20 heavy (non-hydrogen) atoms. The number of benzene rings is 1. The Morgan fingerprint density at radius 1 is 1.40 bits per heavy atom. The number of aliphatic hydroxyl groups is 1. The van der Waals surface area contributed by atoms with Gasteiger partial charge >= 0.3 is 0 Å². The van der Waals surface area contributed by atoms with Crippen molar-refractivity contribution in [1.29, 1.82) is 0 Å². The number of aromatic nitrogens is 2. The first-order valence-corrected chi connectivity index (χ1v) is 6.46. The molecule has 0 saturated carbocycles. The Balaban J connectivity index is 1.82. The number of hydrogen-bond donors (Lipinski definition) is 2. The molecular formula is C14H17N3O3. The van der Waals surface area contributed by atoms with E-state index in [-0.39, 0.29) is 0 Å². The lowest BCUT2D eigenvalue weighted by Gasteiger charge is -2.04. The van der Waals surface area contributed by atoms with Gasteiger partial charge in [0, 0.05) is 19.4 Å². The second kappa shape index (κ2) is 6.81. The lowest BCUT2D eigenvalue weighted by molar-refractivity contribution is -0.128. The molecule has 6 heteroatoms. The summed E-state index contributed by atoms with van der Waals surface area (Å²) in [6, 6.07) is 9.87. The summed E-state index contributed by atoms with van der Waals surface area (Å²) >= 11 is 0. The molecule has 0 fully saturated rings. The number of nitrogens with zero attached hydrogens (tertiary/aromatic N) is 2. The largest absolute Gasteiger partial charge is 0.384 e. The summed E-state index contributed by atoms with van der Waals surface area (Å²) in [6.45, 7) is 1.77. The Morgan fingerprint density at radius 3 is 2.85 bits per heavy atom. The van der Waals surface area contributed by atoms with Crippen LogP contribution in [0.5, 0.6) is 0 Å². The van der Waals surface area contributed by atoms with Crippen molar-refractivity contribution in [2.75, 3.05) is 6.54 Å². The molecular weight excluding hydrogens is 258 g/mol. The number of carbonyl (C=O) groups is 1. The van der Waals surface area contributed by atoms with Gasteiger partial charge in [0.25, 0.3) is 0 Å². The first kappa shape index (κ1) is 14.2. The Labute approximate surface area is 116 Å². The molecule has 1 unspecified atom stereocenters. The minimum Gasteiger partial charge on any atom is -0.384 e. The van der Waals surface area contributed by atoms with Crippen molar-refractivity contribution in [3.05, 3.63) is 47.6 Å². The van der Waals surface area contributed by atoms with Crippen LogP contribution >= 0.6 is 0 Å². The van der Waals surface area contributed by atoms with Gasteiger partial charge in [-0.1, -0.05) is 35.5 Å². The summed E-state index contributed by atoms with van der Waals surface area (Å²) in [5.74, 6) is 0.684. The third kappa shape index (κ3) is 4.17. The first-order valence-electron chi connectivity index (χ1n) is 6.46. The number of hydrogen-bond acceptors (Lipinski definition) is 5. The van der Waals surface area contributed by atoms with Crippen molar-refractivity contribution in [3.63, 3.8) is 0 Å². The topological polar surface area (TPSA) is 88.2 Å². The third-order valence-corrected chi connectivity index (χ3v) is 2.73. The molecule has 1 heterocycles. The van der Waals surface area contributed by atoms with Gasteiger partial charge in [-0.05, 0) is 12.5 Å². The van der Waals surface area contributed by atoms with E-state index in [4.69, 9.17) is 9.63 Å². The zero-order valence-electron chi connectivity index (χ0n) is 11.2. The van der Waals surface area contributed by atoms with Crippen molar-refractivity contribution in [1.82, 2.24) is 15.5 Å². The highest BCUT2D eigenvalue weighted by Crippen LogP contribution is 2.06. The zero-order chi connectivity index (χ0) is 14.4. The van der Waals surface area contributed by atoms with Crippen molar-refractivity contribution in [2.45, 2.75) is 25.9 Å². The van der Waals surface area contributed by atoms with E-state index in [9.17, 15) is 4.79 Å². The molecule has 1 aromatic heterocycles. The average molecular weight is 275 g/mol. The van der Waals surface area contributed by atoms with Gasteiger partial charge in [0.05, 0.1) is 0 Å². The molecule has 2 N–H and O–H groups in total. The first-order chi connectivity index (χ1) is 9.65. The van der Waals surface area contributed by atoms with Crippen LogP contribution in [-0.4, -0.2) is 33.8 Å². The van der Waals surface area contributed by atoms with Crippen LogP contribution in [0.2, 0.25) is 0 Å². The van der Waals surface area contributed by atoms with E-state index in [1.807, 2.05) is 30.3 Å². The van der Waals surface area contributed by atoms with E-state index >= 15 is 0 Å². The van der Waals surface area contributed by atoms with Crippen molar-refractivity contribution in [3.8, 4) is 0 Å². The Hall–Kier alpha value is -2.21.